The molecule has 0 spiro atoms. The first-order valence-electron chi connectivity index (χ1n) is 4.23. The van der Waals surface area contributed by atoms with Crippen LogP contribution >= 0.6 is 0 Å². The van der Waals surface area contributed by atoms with E-state index in [-0.39, 0.29) is 5.69 Å². The molecule has 0 unspecified atom stereocenters. The Morgan fingerprint density at radius 1 is 1.33 bits per heavy atom. The van der Waals surface area contributed by atoms with E-state index in [1.165, 1.54) is 12.4 Å². The van der Waals surface area contributed by atoms with Gasteiger partial charge in [-0.3, -0.25) is 9.67 Å². The molecule has 0 aliphatic heterocycles. The lowest BCUT2D eigenvalue weighted by Gasteiger charge is -2.03. The normalized spacial score (nSPS) is 10.2. The number of carboxylic acid groups (broad SMARTS) is 1. The first-order chi connectivity index (χ1) is 7.20. The van der Waals surface area contributed by atoms with Crippen molar-refractivity contribution >= 4 is 5.97 Å². The number of hydrogen-bond acceptors (Lipinski definition) is 4. The minimum absolute atomic E-state index is 0.0684. The molecule has 6 heteroatoms. The summed E-state index contributed by atoms with van der Waals surface area (Å²) in [7, 11) is 1.72. The van der Waals surface area contributed by atoms with E-state index in [0.29, 0.717) is 11.4 Å². The quantitative estimate of drug-likeness (QED) is 0.773. The Labute approximate surface area is 85.2 Å². The monoisotopic (exact) mass is 204 g/mol. The maximum Gasteiger partial charge on any atom is 0.356 e. The Bertz CT molecular complexity index is 506. The molecule has 2 rings (SSSR count). The zero-order chi connectivity index (χ0) is 10.8. The molecule has 6 nitrogen and oxygen atoms in total. The van der Waals surface area contributed by atoms with E-state index in [2.05, 4.69) is 15.1 Å². The van der Waals surface area contributed by atoms with Gasteiger partial charge in [-0.25, -0.2) is 9.78 Å². The topological polar surface area (TPSA) is 80.9 Å². The second-order valence-corrected chi connectivity index (χ2v) is 2.90. The highest BCUT2D eigenvalue weighted by molar-refractivity contribution is 5.91. The molecule has 0 atom stereocenters. The van der Waals surface area contributed by atoms with E-state index in [9.17, 15) is 4.79 Å². The molecule has 0 saturated heterocycles. The van der Waals surface area contributed by atoms with Gasteiger partial charge in [0.1, 0.15) is 5.69 Å². The molecule has 0 radical (unpaired) electrons. The van der Waals surface area contributed by atoms with Crippen molar-refractivity contribution in [3.63, 3.8) is 0 Å². The smallest absolute Gasteiger partial charge is 0.356 e. The van der Waals surface area contributed by atoms with E-state index in [0.717, 1.165) is 0 Å². The van der Waals surface area contributed by atoms with Gasteiger partial charge in [0.25, 0.3) is 0 Å². The summed E-state index contributed by atoms with van der Waals surface area (Å²) in [5.74, 6) is -1.10. The van der Waals surface area contributed by atoms with Crippen LogP contribution in [-0.4, -0.2) is 30.8 Å². The zero-order valence-electron chi connectivity index (χ0n) is 7.95. The van der Waals surface area contributed by atoms with Gasteiger partial charge in [0.05, 0.1) is 5.69 Å². The third-order valence-electron chi connectivity index (χ3n) is 1.96. The first-order valence-corrected chi connectivity index (χ1v) is 4.23. The number of hydrogen-bond donors (Lipinski definition) is 1. The highest BCUT2D eigenvalue weighted by Crippen LogP contribution is 2.17. The zero-order valence-corrected chi connectivity index (χ0v) is 7.95. The van der Waals surface area contributed by atoms with Crippen LogP contribution in [0.25, 0.3) is 11.4 Å². The van der Waals surface area contributed by atoms with Gasteiger partial charge in [-0.1, -0.05) is 0 Å². The third-order valence-corrected chi connectivity index (χ3v) is 1.96. The van der Waals surface area contributed by atoms with Crippen LogP contribution in [0.3, 0.4) is 0 Å². The van der Waals surface area contributed by atoms with Crippen LogP contribution < -0.4 is 0 Å². The van der Waals surface area contributed by atoms with Crippen molar-refractivity contribution in [2.45, 2.75) is 0 Å². The van der Waals surface area contributed by atoms with Crippen molar-refractivity contribution in [3.05, 3.63) is 30.4 Å². The molecule has 2 heterocycles. The number of aromatic carboxylic acids is 1. The Morgan fingerprint density at radius 3 is 2.67 bits per heavy atom. The molecule has 0 amide bonds. The first kappa shape index (κ1) is 9.32. The van der Waals surface area contributed by atoms with Crippen LogP contribution in [0.2, 0.25) is 0 Å². The van der Waals surface area contributed by atoms with Gasteiger partial charge in [0.2, 0.25) is 0 Å². The molecule has 0 aliphatic rings. The number of carbonyl (C=O) groups is 1. The molecule has 0 fully saturated rings. The molecule has 15 heavy (non-hydrogen) atoms. The molecule has 0 aromatic carbocycles. The van der Waals surface area contributed by atoms with Crippen LogP contribution in [0.15, 0.2) is 24.7 Å². The SMILES string of the molecule is Cn1nccc1-c1nccnc1C(=O)O. The summed E-state index contributed by atoms with van der Waals surface area (Å²) in [6.45, 7) is 0. The van der Waals surface area contributed by atoms with Crippen LogP contribution in [0, 0.1) is 0 Å². The number of aromatic nitrogens is 4. The second-order valence-electron chi connectivity index (χ2n) is 2.90. The minimum Gasteiger partial charge on any atom is -0.476 e. The summed E-state index contributed by atoms with van der Waals surface area (Å²) in [6.07, 6.45) is 4.38. The van der Waals surface area contributed by atoms with Gasteiger partial charge >= 0.3 is 5.97 Å². The molecule has 2 aromatic rings. The molecular weight excluding hydrogens is 196 g/mol. The van der Waals surface area contributed by atoms with Crippen molar-refractivity contribution in [1.29, 1.82) is 0 Å². The fourth-order valence-electron chi connectivity index (χ4n) is 1.29. The Hall–Kier alpha value is -2.24. The fraction of sp³-hybridized carbons (Fsp3) is 0.111. The molecule has 2 aromatic heterocycles. The summed E-state index contributed by atoms with van der Waals surface area (Å²) >= 11 is 0. The predicted octanol–water partition coefficient (Wildman–Crippen LogP) is 0.575. The predicted molar refractivity (Wildman–Crippen MR) is 51.2 cm³/mol. The summed E-state index contributed by atoms with van der Waals surface area (Å²) in [6, 6.07) is 1.69. The second kappa shape index (κ2) is 3.49. The summed E-state index contributed by atoms with van der Waals surface area (Å²) < 4.78 is 1.55. The highest BCUT2D eigenvalue weighted by Gasteiger charge is 2.16. The average Bonchev–Trinajstić information content (AvgIpc) is 2.64. The maximum absolute atomic E-state index is 10.9. The van der Waals surface area contributed by atoms with Crippen LogP contribution in [0.1, 0.15) is 10.5 Å². The lowest BCUT2D eigenvalue weighted by molar-refractivity contribution is 0.0691. The van der Waals surface area contributed by atoms with Crippen molar-refractivity contribution in [3.8, 4) is 11.4 Å². The van der Waals surface area contributed by atoms with E-state index >= 15 is 0 Å². The van der Waals surface area contributed by atoms with Crippen molar-refractivity contribution < 1.29 is 9.90 Å². The Balaban J connectivity index is 2.63. The van der Waals surface area contributed by atoms with Gasteiger partial charge in [-0.15, -0.1) is 0 Å². The van der Waals surface area contributed by atoms with Crippen molar-refractivity contribution in [2.75, 3.05) is 0 Å². The number of aryl methyl sites for hydroxylation is 1. The van der Waals surface area contributed by atoms with Crippen molar-refractivity contribution in [2.24, 2.45) is 7.05 Å². The highest BCUT2D eigenvalue weighted by atomic mass is 16.4. The maximum atomic E-state index is 10.9. The Kier molecular flexibility index (Phi) is 2.17. The molecular formula is C9H8N4O2. The van der Waals surface area contributed by atoms with E-state index < -0.39 is 5.97 Å². The third kappa shape index (κ3) is 1.56. The lowest BCUT2D eigenvalue weighted by atomic mass is 10.2. The van der Waals surface area contributed by atoms with Gasteiger partial charge in [-0.2, -0.15) is 5.10 Å². The van der Waals surface area contributed by atoms with Gasteiger partial charge < -0.3 is 5.11 Å². The number of rotatable bonds is 2. The van der Waals surface area contributed by atoms with E-state index in [4.69, 9.17) is 5.11 Å². The van der Waals surface area contributed by atoms with Gasteiger partial charge in [-0.05, 0) is 6.07 Å². The van der Waals surface area contributed by atoms with Crippen LogP contribution in [-0.2, 0) is 7.05 Å². The molecule has 0 bridgehead atoms. The van der Waals surface area contributed by atoms with E-state index in [1.54, 1.807) is 24.0 Å². The summed E-state index contributed by atoms with van der Waals surface area (Å²) in [4.78, 5) is 18.7. The molecule has 0 saturated carbocycles. The molecule has 0 aliphatic carbocycles. The largest absolute Gasteiger partial charge is 0.476 e. The van der Waals surface area contributed by atoms with Gasteiger partial charge in [0.15, 0.2) is 5.69 Å². The summed E-state index contributed by atoms with van der Waals surface area (Å²) in [5, 5.41) is 12.9. The fourth-order valence-corrected chi connectivity index (χ4v) is 1.29. The standard InChI is InChI=1S/C9H8N4O2/c1-13-6(2-3-12-13)7-8(9(14)15)11-5-4-10-7/h2-5H,1H3,(H,14,15). The number of nitrogens with zero attached hydrogens (tertiary/aromatic N) is 4. The molecule has 1 N–H and O–H groups in total. The van der Waals surface area contributed by atoms with Crippen LogP contribution in [0.4, 0.5) is 0 Å². The van der Waals surface area contributed by atoms with E-state index in [1.807, 2.05) is 0 Å². The number of carboxylic acids is 1. The minimum atomic E-state index is -1.10. The average molecular weight is 204 g/mol. The molecule has 76 valence electrons. The van der Waals surface area contributed by atoms with Crippen LogP contribution in [0.5, 0.6) is 0 Å². The van der Waals surface area contributed by atoms with Crippen molar-refractivity contribution in [1.82, 2.24) is 19.7 Å². The summed E-state index contributed by atoms with van der Waals surface area (Å²) in [5.41, 5.74) is 0.881. The Morgan fingerprint density at radius 2 is 2.07 bits per heavy atom. The van der Waals surface area contributed by atoms with Gasteiger partial charge in [0, 0.05) is 25.6 Å². The lowest BCUT2D eigenvalue weighted by Crippen LogP contribution is -2.06.